The zero-order valence-electron chi connectivity index (χ0n) is 18.4. The Morgan fingerprint density at radius 2 is 1.81 bits per heavy atom. The van der Waals surface area contributed by atoms with Gasteiger partial charge in [0.05, 0.1) is 11.6 Å². The van der Waals surface area contributed by atoms with E-state index in [1.807, 2.05) is 65.6 Å². The van der Waals surface area contributed by atoms with Gasteiger partial charge in [0.25, 0.3) is 5.91 Å². The van der Waals surface area contributed by atoms with Crippen LogP contribution in [0.1, 0.15) is 41.6 Å². The van der Waals surface area contributed by atoms with Crippen LogP contribution in [-0.4, -0.2) is 66.0 Å². The molecule has 1 amide bonds. The lowest BCUT2D eigenvalue weighted by Gasteiger charge is -2.40. The summed E-state index contributed by atoms with van der Waals surface area (Å²) in [6.07, 6.45) is 4.72. The Bertz CT molecular complexity index is 905. The topological polar surface area (TPSA) is 59.4 Å². The largest absolute Gasteiger partial charge is 0.390 e. The highest BCUT2D eigenvalue weighted by molar-refractivity contribution is 5.94. The number of piperidine rings is 1. The number of carbonyl (C=O) groups excluding carboxylic acids is 1. The molecule has 4 rings (SSSR count). The van der Waals surface area contributed by atoms with Crippen LogP contribution in [0.2, 0.25) is 0 Å². The van der Waals surface area contributed by atoms with Gasteiger partial charge < -0.3 is 14.9 Å². The molecule has 2 aromatic carbocycles. The van der Waals surface area contributed by atoms with E-state index in [2.05, 4.69) is 29.2 Å². The Labute approximate surface area is 184 Å². The summed E-state index contributed by atoms with van der Waals surface area (Å²) in [6.45, 7) is 1.99. The van der Waals surface area contributed by atoms with E-state index in [1.165, 1.54) is 5.56 Å². The lowest BCUT2D eigenvalue weighted by atomic mass is 9.84. The van der Waals surface area contributed by atoms with Gasteiger partial charge in [0.1, 0.15) is 0 Å². The van der Waals surface area contributed by atoms with Gasteiger partial charge in [0.15, 0.2) is 0 Å². The summed E-state index contributed by atoms with van der Waals surface area (Å²) in [4.78, 5) is 17.0. The summed E-state index contributed by atoms with van der Waals surface area (Å²) in [7, 11) is 4.01. The van der Waals surface area contributed by atoms with E-state index < -0.39 is 5.60 Å². The van der Waals surface area contributed by atoms with Crippen LogP contribution in [0.4, 0.5) is 5.69 Å². The van der Waals surface area contributed by atoms with Gasteiger partial charge in [-0.05, 0) is 49.1 Å². The van der Waals surface area contributed by atoms with E-state index in [1.54, 1.807) is 0 Å². The molecule has 0 spiro atoms. The van der Waals surface area contributed by atoms with Crippen molar-refractivity contribution in [3.63, 3.8) is 0 Å². The monoisotopic (exact) mass is 420 g/mol. The summed E-state index contributed by atoms with van der Waals surface area (Å²) < 4.78 is 0. The predicted octanol–water partition coefficient (Wildman–Crippen LogP) is 3.37. The maximum atomic E-state index is 13.0. The Morgan fingerprint density at radius 1 is 1.13 bits per heavy atom. The molecule has 1 N–H and O–H groups in total. The molecule has 1 fully saturated rings. The van der Waals surface area contributed by atoms with Crippen molar-refractivity contribution >= 4 is 17.8 Å². The van der Waals surface area contributed by atoms with Crippen LogP contribution in [0.25, 0.3) is 0 Å². The molecule has 164 valence electrons. The Morgan fingerprint density at radius 3 is 2.42 bits per heavy atom. The minimum Gasteiger partial charge on any atom is -0.390 e. The first-order chi connectivity index (χ1) is 14.9. The first-order valence-electron chi connectivity index (χ1n) is 11.1. The summed E-state index contributed by atoms with van der Waals surface area (Å²) in [6, 6.07) is 18.4. The van der Waals surface area contributed by atoms with E-state index in [9.17, 15) is 9.90 Å². The first-order valence-corrected chi connectivity index (χ1v) is 11.1. The van der Waals surface area contributed by atoms with Crippen LogP contribution >= 0.6 is 0 Å². The van der Waals surface area contributed by atoms with Gasteiger partial charge in [0, 0.05) is 57.6 Å². The van der Waals surface area contributed by atoms with Crippen LogP contribution in [0.3, 0.4) is 0 Å². The highest BCUT2D eigenvalue weighted by Gasteiger charge is 2.37. The smallest absolute Gasteiger partial charge is 0.253 e. The summed E-state index contributed by atoms with van der Waals surface area (Å²) in [5.41, 5.74) is 2.32. The van der Waals surface area contributed by atoms with Gasteiger partial charge in [-0.15, -0.1) is 0 Å². The number of carbonyl (C=O) groups is 1. The van der Waals surface area contributed by atoms with Gasteiger partial charge in [-0.2, -0.15) is 5.10 Å². The molecule has 1 unspecified atom stereocenters. The molecule has 2 heterocycles. The number of hydrogen-bond donors (Lipinski definition) is 1. The van der Waals surface area contributed by atoms with Crippen molar-refractivity contribution in [2.75, 3.05) is 32.1 Å². The standard InChI is InChI=1S/C25H32N4O2/c1-27(19-20-6-4-3-5-7-20)22-10-8-21(9-11-22)24(30)29-16-13-25(31,14-17-29)18-23-12-15-26-28(23)2/h3-11,15,23,31H,12-14,16-19H2,1-2H3. The number of anilines is 1. The van der Waals surface area contributed by atoms with Crippen LogP contribution in [0.15, 0.2) is 59.7 Å². The molecule has 0 saturated carbocycles. The number of aliphatic hydroxyl groups is 1. The fraction of sp³-hybridized carbons (Fsp3) is 0.440. The molecule has 1 atom stereocenters. The molecule has 0 aliphatic carbocycles. The fourth-order valence-electron chi connectivity index (χ4n) is 4.52. The van der Waals surface area contributed by atoms with Gasteiger partial charge in [-0.1, -0.05) is 30.3 Å². The Kier molecular flexibility index (Phi) is 6.28. The number of hydrogen-bond acceptors (Lipinski definition) is 5. The molecule has 2 aromatic rings. The van der Waals surface area contributed by atoms with E-state index in [0.29, 0.717) is 37.9 Å². The van der Waals surface area contributed by atoms with Crippen molar-refractivity contribution in [2.24, 2.45) is 5.10 Å². The van der Waals surface area contributed by atoms with Crippen molar-refractivity contribution in [3.05, 3.63) is 65.7 Å². The SMILES string of the molecule is CN(Cc1ccccc1)c1ccc(C(=O)N2CCC(O)(CC3CC=NN3C)CC2)cc1. The quantitative estimate of drug-likeness (QED) is 0.778. The molecule has 31 heavy (non-hydrogen) atoms. The van der Waals surface area contributed by atoms with Crippen molar-refractivity contribution < 1.29 is 9.90 Å². The van der Waals surface area contributed by atoms with Crippen molar-refractivity contribution in [2.45, 2.75) is 43.9 Å². The van der Waals surface area contributed by atoms with Gasteiger partial charge in [-0.3, -0.25) is 9.80 Å². The predicted molar refractivity (Wildman–Crippen MR) is 124 cm³/mol. The molecule has 0 radical (unpaired) electrons. The van der Waals surface area contributed by atoms with Crippen LogP contribution in [0, 0.1) is 0 Å². The second kappa shape index (κ2) is 9.10. The number of hydrazone groups is 1. The third-order valence-corrected chi connectivity index (χ3v) is 6.58. The molecule has 2 aliphatic heterocycles. The summed E-state index contributed by atoms with van der Waals surface area (Å²) in [5, 5.41) is 17.2. The maximum Gasteiger partial charge on any atom is 0.253 e. The van der Waals surface area contributed by atoms with Crippen molar-refractivity contribution in [1.82, 2.24) is 9.91 Å². The van der Waals surface area contributed by atoms with Crippen molar-refractivity contribution in [3.8, 4) is 0 Å². The molecule has 6 nitrogen and oxygen atoms in total. The van der Waals surface area contributed by atoms with E-state index in [-0.39, 0.29) is 11.9 Å². The van der Waals surface area contributed by atoms with E-state index >= 15 is 0 Å². The minimum absolute atomic E-state index is 0.0423. The zero-order valence-corrected chi connectivity index (χ0v) is 18.4. The second-order valence-corrected chi connectivity index (χ2v) is 8.87. The number of amides is 1. The molecule has 0 bridgehead atoms. The normalized spacial score (nSPS) is 20.2. The Hall–Kier alpha value is -2.86. The number of likely N-dealkylation sites (tertiary alicyclic amines) is 1. The maximum absolute atomic E-state index is 13.0. The van der Waals surface area contributed by atoms with Gasteiger partial charge >= 0.3 is 0 Å². The molecule has 6 heteroatoms. The lowest BCUT2D eigenvalue weighted by Crippen LogP contribution is -2.49. The molecular weight excluding hydrogens is 388 g/mol. The average molecular weight is 421 g/mol. The van der Waals surface area contributed by atoms with Gasteiger partial charge in [-0.25, -0.2) is 0 Å². The third kappa shape index (κ3) is 5.07. The zero-order chi connectivity index (χ0) is 21.8. The lowest BCUT2D eigenvalue weighted by molar-refractivity contribution is -0.0368. The number of benzene rings is 2. The number of rotatable bonds is 6. The van der Waals surface area contributed by atoms with Gasteiger partial charge in [0.2, 0.25) is 0 Å². The highest BCUT2D eigenvalue weighted by Crippen LogP contribution is 2.31. The third-order valence-electron chi connectivity index (χ3n) is 6.58. The van der Waals surface area contributed by atoms with E-state index in [4.69, 9.17) is 0 Å². The van der Waals surface area contributed by atoms with Crippen LogP contribution < -0.4 is 4.90 Å². The highest BCUT2D eigenvalue weighted by atomic mass is 16.3. The summed E-state index contributed by atoms with van der Waals surface area (Å²) in [5.74, 6) is 0.0423. The van der Waals surface area contributed by atoms with Crippen LogP contribution in [-0.2, 0) is 6.54 Å². The molecule has 2 aliphatic rings. The van der Waals surface area contributed by atoms with E-state index in [0.717, 1.165) is 18.7 Å². The Balaban J connectivity index is 1.31. The second-order valence-electron chi connectivity index (χ2n) is 8.87. The first kappa shape index (κ1) is 21.4. The average Bonchev–Trinajstić information content (AvgIpc) is 3.18. The fourth-order valence-corrected chi connectivity index (χ4v) is 4.52. The summed E-state index contributed by atoms with van der Waals surface area (Å²) >= 11 is 0. The van der Waals surface area contributed by atoms with Crippen molar-refractivity contribution in [1.29, 1.82) is 0 Å². The molecule has 1 saturated heterocycles. The molecular formula is C25H32N4O2. The minimum atomic E-state index is -0.715. The molecule has 0 aromatic heterocycles. The number of nitrogens with zero attached hydrogens (tertiary/aromatic N) is 4. The van der Waals surface area contributed by atoms with Crippen LogP contribution in [0.5, 0.6) is 0 Å².